The molecule has 2 unspecified atom stereocenters. The smallest absolute Gasteiger partial charge is 0.0907 e. The maximum Gasteiger partial charge on any atom is 0.0907 e. The molecule has 0 spiro atoms. The van der Waals surface area contributed by atoms with E-state index in [0.29, 0.717) is 0 Å². The lowest BCUT2D eigenvalue weighted by Gasteiger charge is -2.27. The predicted octanol–water partition coefficient (Wildman–Crippen LogP) is 4.43. The summed E-state index contributed by atoms with van der Waals surface area (Å²) >= 11 is 1.70. The number of thiazole rings is 1. The average molecular weight is 289 g/mol. The minimum absolute atomic E-state index is 0.783. The van der Waals surface area contributed by atoms with E-state index in [9.17, 15) is 0 Å². The molecule has 0 amide bonds. The van der Waals surface area contributed by atoms with Crippen LogP contribution in [0.15, 0.2) is 12.1 Å². The summed E-state index contributed by atoms with van der Waals surface area (Å²) in [6, 6.07) is 4.15. The van der Waals surface area contributed by atoms with Crippen LogP contribution in [0.1, 0.15) is 37.6 Å². The molecule has 1 heterocycles. The molecule has 0 saturated heterocycles. The number of hydrogen-bond acceptors (Lipinski definition) is 4. The van der Waals surface area contributed by atoms with E-state index in [1.54, 1.807) is 11.3 Å². The molecule has 1 aliphatic rings. The lowest BCUT2D eigenvalue weighted by atomic mass is 9.82. The van der Waals surface area contributed by atoms with Crippen LogP contribution in [0, 0.1) is 18.8 Å². The summed E-state index contributed by atoms with van der Waals surface area (Å²) in [5, 5.41) is 4.64. The molecule has 0 aliphatic heterocycles. The van der Waals surface area contributed by atoms with Crippen LogP contribution in [0.5, 0.6) is 0 Å². The molecule has 1 aromatic heterocycles. The van der Waals surface area contributed by atoms with Gasteiger partial charge in [-0.1, -0.05) is 19.8 Å². The van der Waals surface area contributed by atoms with Gasteiger partial charge in [-0.25, -0.2) is 4.98 Å². The van der Waals surface area contributed by atoms with Crippen LogP contribution in [0.4, 0.5) is 11.4 Å². The first kappa shape index (κ1) is 13.7. The Hall–Kier alpha value is -1.29. The monoisotopic (exact) mass is 289 g/mol. The molecular weight excluding hydrogens is 266 g/mol. The third-order valence-corrected chi connectivity index (χ3v) is 5.23. The molecule has 3 rings (SSSR count). The van der Waals surface area contributed by atoms with Crippen molar-refractivity contribution in [2.45, 2.75) is 39.5 Å². The fourth-order valence-corrected chi connectivity index (χ4v) is 4.11. The fraction of sp³-hybridized carbons (Fsp3) is 0.562. The third kappa shape index (κ3) is 2.90. The zero-order valence-corrected chi connectivity index (χ0v) is 13.1. The molecule has 4 heteroatoms. The van der Waals surface area contributed by atoms with E-state index in [-0.39, 0.29) is 0 Å². The van der Waals surface area contributed by atoms with Gasteiger partial charge in [0, 0.05) is 6.54 Å². The summed E-state index contributed by atoms with van der Waals surface area (Å²) in [5.41, 5.74) is 9.09. The maximum atomic E-state index is 6.16. The highest BCUT2D eigenvalue weighted by atomic mass is 32.1. The van der Waals surface area contributed by atoms with Gasteiger partial charge in [0.05, 0.1) is 26.6 Å². The van der Waals surface area contributed by atoms with Crippen LogP contribution in [-0.4, -0.2) is 11.5 Å². The van der Waals surface area contributed by atoms with Crippen LogP contribution in [0.25, 0.3) is 10.2 Å². The van der Waals surface area contributed by atoms with Gasteiger partial charge < -0.3 is 11.1 Å². The molecule has 3 N–H and O–H groups in total. The SMILES string of the molecule is Cc1nc2cc(NCC3CCCC(C)C3)c(N)cc2s1. The summed E-state index contributed by atoms with van der Waals surface area (Å²) < 4.78 is 1.18. The topological polar surface area (TPSA) is 50.9 Å². The summed E-state index contributed by atoms with van der Waals surface area (Å²) in [5.74, 6) is 1.66. The van der Waals surface area contributed by atoms with Crippen LogP contribution in [0.2, 0.25) is 0 Å². The number of aryl methyl sites for hydroxylation is 1. The van der Waals surface area contributed by atoms with Gasteiger partial charge >= 0.3 is 0 Å². The zero-order valence-electron chi connectivity index (χ0n) is 12.3. The Morgan fingerprint density at radius 2 is 2.25 bits per heavy atom. The van der Waals surface area contributed by atoms with E-state index in [0.717, 1.165) is 40.3 Å². The first-order chi connectivity index (χ1) is 9.61. The highest BCUT2D eigenvalue weighted by Crippen LogP contribution is 2.32. The van der Waals surface area contributed by atoms with Crippen molar-refractivity contribution < 1.29 is 0 Å². The molecule has 20 heavy (non-hydrogen) atoms. The van der Waals surface area contributed by atoms with E-state index < -0.39 is 0 Å². The molecule has 0 radical (unpaired) electrons. The van der Waals surface area contributed by atoms with Crippen molar-refractivity contribution in [2.24, 2.45) is 11.8 Å². The third-order valence-electron chi connectivity index (χ3n) is 4.29. The molecular formula is C16H23N3S. The number of hydrogen-bond donors (Lipinski definition) is 2. The molecule has 3 nitrogen and oxygen atoms in total. The molecule has 2 aromatic rings. The predicted molar refractivity (Wildman–Crippen MR) is 88.4 cm³/mol. The number of nitrogens with one attached hydrogen (secondary N) is 1. The largest absolute Gasteiger partial charge is 0.397 e. The van der Waals surface area contributed by atoms with E-state index in [1.165, 1.54) is 30.4 Å². The molecule has 108 valence electrons. The van der Waals surface area contributed by atoms with Crippen molar-refractivity contribution in [2.75, 3.05) is 17.6 Å². The fourth-order valence-electron chi connectivity index (χ4n) is 3.26. The van der Waals surface area contributed by atoms with E-state index in [1.807, 2.05) is 13.0 Å². The average Bonchev–Trinajstić information content (AvgIpc) is 2.75. The Balaban J connectivity index is 1.71. The number of nitrogens with zero attached hydrogens (tertiary/aromatic N) is 1. The van der Waals surface area contributed by atoms with Crippen molar-refractivity contribution in [3.05, 3.63) is 17.1 Å². The number of rotatable bonds is 3. The molecule has 0 bridgehead atoms. The Labute approximate surface area is 124 Å². The van der Waals surface area contributed by atoms with E-state index >= 15 is 0 Å². The highest BCUT2D eigenvalue weighted by molar-refractivity contribution is 7.18. The quantitative estimate of drug-likeness (QED) is 0.822. The second-order valence-corrected chi connectivity index (χ2v) is 7.39. The van der Waals surface area contributed by atoms with Gasteiger partial charge in [0.2, 0.25) is 0 Å². The van der Waals surface area contributed by atoms with Crippen LogP contribution in [0.3, 0.4) is 0 Å². The van der Waals surface area contributed by atoms with Crippen LogP contribution < -0.4 is 11.1 Å². The van der Waals surface area contributed by atoms with Crippen LogP contribution >= 0.6 is 11.3 Å². The Kier molecular flexibility index (Phi) is 3.83. The first-order valence-electron chi connectivity index (χ1n) is 7.52. The van der Waals surface area contributed by atoms with Crippen molar-refractivity contribution in [3.63, 3.8) is 0 Å². The second kappa shape index (κ2) is 5.60. The Morgan fingerprint density at radius 3 is 3.05 bits per heavy atom. The van der Waals surface area contributed by atoms with Crippen molar-refractivity contribution in [1.29, 1.82) is 0 Å². The van der Waals surface area contributed by atoms with Gasteiger partial charge in [-0.3, -0.25) is 0 Å². The van der Waals surface area contributed by atoms with Gasteiger partial charge in [-0.2, -0.15) is 0 Å². The zero-order chi connectivity index (χ0) is 14.1. The van der Waals surface area contributed by atoms with E-state index in [2.05, 4.69) is 23.3 Å². The highest BCUT2D eigenvalue weighted by Gasteiger charge is 2.18. The number of nitrogens with two attached hydrogens (primary N) is 1. The van der Waals surface area contributed by atoms with Gasteiger partial charge in [0.25, 0.3) is 0 Å². The summed E-state index contributed by atoms with van der Waals surface area (Å²) in [6.07, 6.45) is 5.44. The number of anilines is 2. The van der Waals surface area contributed by atoms with Crippen molar-refractivity contribution >= 4 is 32.9 Å². The lowest BCUT2D eigenvalue weighted by Crippen LogP contribution is -2.21. The van der Waals surface area contributed by atoms with Gasteiger partial charge in [-0.05, 0) is 43.7 Å². The molecule has 2 atom stereocenters. The van der Waals surface area contributed by atoms with Gasteiger partial charge in [0.1, 0.15) is 0 Å². The van der Waals surface area contributed by atoms with Gasteiger partial charge in [0.15, 0.2) is 0 Å². The Bertz CT molecular complexity index is 605. The van der Waals surface area contributed by atoms with Crippen LogP contribution in [-0.2, 0) is 0 Å². The second-order valence-electron chi connectivity index (χ2n) is 6.16. The first-order valence-corrected chi connectivity index (χ1v) is 8.34. The summed E-state index contributed by atoms with van der Waals surface area (Å²) in [7, 11) is 0. The summed E-state index contributed by atoms with van der Waals surface area (Å²) in [4.78, 5) is 4.54. The van der Waals surface area contributed by atoms with Crippen molar-refractivity contribution in [3.8, 4) is 0 Å². The molecule has 1 aromatic carbocycles. The number of benzene rings is 1. The van der Waals surface area contributed by atoms with E-state index in [4.69, 9.17) is 5.73 Å². The summed E-state index contributed by atoms with van der Waals surface area (Å²) in [6.45, 7) is 5.44. The Morgan fingerprint density at radius 1 is 1.40 bits per heavy atom. The van der Waals surface area contributed by atoms with Gasteiger partial charge in [-0.15, -0.1) is 11.3 Å². The minimum atomic E-state index is 0.783. The maximum absolute atomic E-state index is 6.16. The number of fused-ring (bicyclic) bond motifs is 1. The normalized spacial score (nSPS) is 23.1. The number of nitrogen functional groups attached to an aromatic ring is 1. The standard InChI is InChI=1S/C16H23N3S/c1-10-4-3-5-12(6-10)9-18-14-8-15-16(7-13(14)17)20-11(2)19-15/h7-8,10,12,18H,3-6,9,17H2,1-2H3. The molecule has 1 saturated carbocycles. The molecule has 1 aliphatic carbocycles. The van der Waals surface area contributed by atoms with Crippen molar-refractivity contribution in [1.82, 2.24) is 4.98 Å². The minimum Gasteiger partial charge on any atom is -0.397 e. The molecule has 1 fully saturated rings. The number of aromatic nitrogens is 1. The lowest BCUT2D eigenvalue weighted by molar-refractivity contribution is 0.293.